The Labute approximate surface area is 142 Å². The van der Waals surface area contributed by atoms with E-state index >= 15 is 0 Å². The fourth-order valence-electron chi connectivity index (χ4n) is 2.80. The number of rotatable bonds is 3. The van der Waals surface area contributed by atoms with Crippen LogP contribution >= 0.6 is 15.9 Å². The van der Waals surface area contributed by atoms with Crippen molar-refractivity contribution in [1.82, 2.24) is 0 Å². The summed E-state index contributed by atoms with van der Waals surface area (Å²) in [5, 5.41) is 1.23. The molecule has 0 aliphatic rings. The lowest BCUT2D eigenvalue weighted by Crippen LogP contribution is -2.39. The maximum absolute atomic E-state index is 6.22. The maximum atomic E-state index is 6.22. The van der Waals surface area contributed by atoms with Gasteiger partial charge in [-0.2, -0.15) is 0 Å². The van der Waals surface area contributed by atoms with Crippen LogP contribution in [0.1, 0.15) is 11.6 Å². The van der Waals surface area contributed by atoms with E-state index in [-0.39, 0.29) is 0 Å². The Morgan fingerprint density at radius 3 is 2.33 bits per heavy atom. The molecule has 100 valence electrons. The van der Waals surface area contributed by atoms with Crippen molar-refractivity contribution in [1.29, 1.82) is 0 Å². The first-order valence-corrected chi connectivity index (χ1v) is 8.40. The van der Waals surface area contributed by atoms with Crippen molar-refractivity contribution in [3.05, 3.63) is 27.7 Å². The van der Waals surface area contributed by atoms with Gasteiger partial charge in [-0.1, -0.05) is 22.2 Å². The molecule has 0 saturated heterocycles. The van der Waals surface area contributed by atoms with Crippen LogP contribution in [0.3, 0.4) is 0 Å². The summed E-state index contributed by atoms with van der Waals surface area (Å²) < 4.78 is 7.31. The van der Waals surface area contributed by atoms with Gasteiger partial charge in [-0.15, -0.1) is 11.4 Å². The summed E-state index contributed by atoms with van der Waals surface area (Å²) in [5.74, 6) is 4.13. The molecule has 2 rings (SSSR count). The SMILES string of the molecule is B/C=C(\B)C(B)C(B)c1cc2c(B)c(B)c(B)c(Br)c2o1. The molecule has 21 heavy (non-hydrogen) atoms. The van der Waals surface area contributed by atoms with Gasteiger partial charge in [0.2, 0.25) is 0 Å². The number of benzene rings is 1. The summed E-state index contributed by atoms with van der Waals surface area (Å²) in [7, 11) is 15.3. The van der Waals surface area contributed by atoms with Crippen molar-refractivity contribution in [2.24, 2.45) is 0 Å². The highest BCUT2D eigenvalue weighted by Crippen LogP contribution is 2.33. The molecule has 0 aliphatic heterocycles. The van der Waals surface area contributed by atoms with E-state index in [1.54, 1.807) is 0 Å². The normalized spacial score (nSPS) is 15.2. The first-order valence-electron chi connectivity index (χ1n) is 7.61. The van der Waals surface area contributed by atoms with Crippen LogP contribution in [0, 0.1) is 0 Å². The highest BCUT2D eigenvalue weighted by Gasteiger charge is 2.21. The second-order valence-electron chi connectivity index (χ2n) is 6.19. The van der Waals surface area contributed by atoms with Crippen LogP contribution in [0.5, 0.6) is 0 Å². The van der Waals surface area contributed by atoms with Gasteiger partial charge in [0.05, 0.1) is 10.2 Å². The predicted molar refractivity (Wildman–Crippen MR) is 117 cm³/mol. The lowest BCUT2D eigenvalue weighted by Gasteiger charge is -2.19. The van der Waals surface area contributed by atoms with Crippen molar-refractivity contribution in [2.75, 3.05) is 0 Å². The zero-order valence-corrected chi connectivity index (χ0v) is 15.7. The van der Waals surface area contributed by atoms with Crippen LogP contribution in [0.15, 0.2) is 26.4 Å². The van der Waals surface area contributed by atoms with Crippen molar-refractivity contribution in [3.63, 3.8) is 0 Å². The van der Waals surface area contributed by atoms with E-state index in [4.69, 9.17) is 4.42 Å². The van der Waals surface area contributed by atoms with Gasteiger partial charge in [0.25, 0.3) is 0 Å². The Morgan fingerprint density at radius 1 is 1.14 bits per heavy atom. The first-order chi connectivity index (χ1) is 9.79. The topological polar surface area (TPSA) is 13.1 Å². The number of allylic oxidation sites excluding steroid dienone is 1. The third-order valence-corrected chi connectivity index (χ3v) is 6.14. The van der Waals surface area contributed by atoms with Crippen molar-refractivity contribution in [3.8, 4) is 0 Å². The maximum Gasteiger partial charge on any atom is 0.147 e. The summed E-state index contributed by atoms with van der Waals surface area (Å²) in [6, 6.07) is 2.23. The van der Waals surface area contributed by atoms with Crippen LogP contribution in [0.2, 0.25) is 5.82 Å². The lowest BCUT2D eigenvalue weighted by atomic mass is 9.57. The van der Waals surface area contributed by atoms with Crippen LogP contribution < -0.4 is 16.4 Å². The fourth-order valence-corrected chi connectivity index (χ4v) is 3.39. The summed E-state index contributed by atoms with van der Waals surface area (Å²) in [6.07, 6.45) is 0. The monoisotopic (exact) mass is 334 g/mol. The van der Waals surface area contributed by atoms with E-state index in [9.17, 15) is 0 Å². The van der Waals surface area contributed by atoms with E-state index in [0.29, 0.717) is 11.6 Å². The Balaban J connectivity index is 2.59. The number of halogens is 1. The molecule has 1 aromatic heterocycles. The molecule has 0 spiro atoms. The standard InChI is InChI=1S/C12H18B7BrO/c13-2-4(14)7(16)8(17)5-1-3-6(15)9(18)10(19)11(20)12(3)21-5/h1-2,7-8H,13-19H2/b4-2-. The van der Waals surface area contributed by atoms with Gasteiger partial charge in [0.1, 0.15) is 60.5 Å². The summed E-state index contributed by atoms with van der Waals surface area (Å²) in [5.41, 5.74) is 6.33. The second-order valence-corrected chi connectivity index (χ2v) is 6.98. The van der Waals surface area contributed by atoms with Crippen molar-refractivity contribution < 1.29 is 4.42 Å². The molecule has 0 N–H and O–H groups in total. The Bertz CT molecular complexity index is 679. The van der Waals surface area contributed by atoms with Crippen molar-refractivity contribution >= 4 is 98.2 Å². The van der Waals surface area contributed by atoms with Gasteiger partial charge in [-0.05, 0) is 27.8 Å². The zero-order chi connectivity index (χ0) is 15.9. The minimum absolute atomic E-state index is 0.375. The smallest absolute Gasteiger partial charge is 0.147 e. The Hall–Kier alpha value is -0.565. The number of hydrogen-bond donors (Lipinski definition) is 0. The van der Waals surface area contributed by atoms with E-state index in [1.807, 2.05) is 0 Å². The fraction of sp³-hybridized carbons (Fsp3) is 0.167. The molecule has 1 heterocycles. The molecule has 2 atom stereocenters. The molecule has 0 bridgehead atoms. The number of furan rings is 1. The third kappa shape index (κ3) is 2.86. The zero-order valence-electron chi connectivity index (χ0n) is 14.1. The van der Waals surface area contributed by atoms with E-state index in [2.05, 4.69) is 82.9 Å². The minimum Gasteiger partial charge on any atom is -0.460 e. The molecule has 1 nitrogen and oxygen atoms in total. The molecule has 0 aliphatic carbocycles. The molecular formula is C12H18B7BrO. The average Bonchev–Trinajstić information content (AvgIpc) is 2.93. The van der Waals surface area contributed by atoms with Crippen LogP contribution in [0.25, 0.3) is 11.0 Å². The highest BCUT2D eigenvalue weighted by molar-refractivity contribution is 9.10. The molecular weight excluding hydrogens is 316 g/mol. The number of fused-ring (bicyclic) bond motifs is 1. The molecule has 0 radical (unpaired) electrons. The quantitative estimate of drug-likeness (QED) is 0.514. The van der Waals surface area contributed by atoms with Crippen LogP contribution in [0.4, 0.5) is 0 Å². The second kappa shape index (κ2) is 6.28. The van der Waals surface area contributed by atoms with Gasteiger partial charge < -0.3 is 4.42 Å². The first kappa shape index (κ1) is 16.8. The average molecular weight is 334 g/mol. The summed E-state index contributed by atoms with van der Waals surface area (Å²) in [6.45, 7) is 0. The molecule has 0 saturated carbocycles. The van der Waals surface area contributed by atoms with Gasteiger partial charge >= 0.3 is 0 Å². The molecule has 2 aromatic rings. The van der Waals surface area contributed by atoms with Gasteiger partial charge in [0.15, 0.2) is 0 Å². The molecule has 0 amide bonds. The van der Waals surface area contributed by atoms with E-state index in [0.717, 1.165) is 15.8 Å². The summed E-state index contributed by atoms with van der Waals surface area (Å²) in [4.78, 5) is 0. The highest BCUT2D eigenvalue weighted by atomic mass is 79.9. The molecule has 0 fully saturated rings. The lowest BCUT2D eigenvalue weighted by molar-refractivity contribution is 0.540. The van der Waals surface area contributed by atoms with Gasteiger partial charge in [-0.3, -0.25) is 0 Å². The molecule has 1 aromatic carbocycles. The molecule has 2 unspecified atom stereocenters. The summed E-state index contributed by atoms with van der Waals surface area (Å²) >= 11 is 3.70. The number of hydrogen-bond acceptors (Lipinski definition) is 1. The predicted octanol–water partition coefficient (Wildman–Crippen LogP) is -4.83. The van der Waals surface area contributed by atoms with E-state index in [1.165, 1.54) is 27.2 Å². The van der Waals surface area contributed by atoms with Crippen LogP contribution in [-0.2, 0) is 0 Å². The Morgan fingerprint density at radius 2 is 1.76 bits per heavy atom. The largest absolute Gasteiger partial charge is 0.460 e. The minimum atomic E-state index is 0.375. The molecule has 9 heteroatoms. The Kier molecular flexibility index (Phi) is 5.02. The van der Waals surface area contributed by atoms with Gasteiger partial charge in [-0.25, -0.2) is 0 Å². The van der Waals surface area contributed by atoms with Crippen LogP contribution in [-0.4, -0.2) is 54.9 Å². The van der Waals surface area contributed by atoms with E-state index < -0.39 is 0 Å². The van der Waals surface area contributed by atoms with Gasteiger partial charge in [0, 0.05) is 5.39 Å². The van der Waals surface area contributed by atoms with Crippen molar-refractivity contribution in [2.45, 2.75) is 11.6 Å². The third-order valence-electron chi connectivity index (χ3n) is 5.18.